The highest BCUT2D eigenvalue weighted by atomic mass is 35.5. The lowest BCUT2D eigenvalue weighted by Crippen LogP contribution is -2.37. The second kappa shape index (κ2) is 9.16. The quantitative estimate of drug-likeness (QED) is 0.726. The summed E-state index contributed by atoms with van der Waals surface area (Å²) in [5.74, 6) is 0.536. The number of hydrogen-bond acceptors (Lipinski definition) is 5. The van der Waals surface area contributed by atoms with E-state index in [0.29, 0.717) is 23.0 Å². The first kappa shape index (κ1) is 18.9. The van der Waals surface area contributed by atoms with Gasteiger partial charge in [-0.2, -0.15) is 0 Å². The van der Waals surface area contributed by atoms with Crippen molar-refractivity contribution in [1.29, 1.82) is 0 Å². The van der Waals surface area contributed by atoms with Gasteiger partial charge in [0.15, 0.2) is 0 Å². The van der Waals surface area contributed by atoms with Crippen molar-refractivity contribution in [2.24, 2.45) is 0 Å². The molecule has 3 rings (SSSR count). The van der Waals surface area contributed by atoms with E-state index in [4.69, 9.17) is 16.3 Å². The Labute approximate surface area is 158 Å². The molecule has 6 nitrogen and oxygen atoms in total. The van der Waals surface area contributed by atoms with Gasteiger partial charge in [0.05, 0.1) is 18.9 Å². The van der Waals surface area contributed by atoms with Crippen LogP contribution in [0.2, 0.25) is 5.02 Å². The van der Waals surface area contributed by atoms with Crippen LogP contribution in [0.1, 0.15) is 23.2 Å². The number of nitrogens with zero attached hydrogens (tertiary/aromatic N) is 2. The third kappa shape index (κ3) is 5.30. The van der Waals surface area contributed by atoms with E-state index in [1.54, 1.807) is 0 Å². The number of benzene rings is 1. The molecule has 0 atom stereocenters. The van der Waals surface area contributed by atoms with E-state index in [1.165, 1.54) is 0 Å². The van der Waals surface area contributed by atoms with E-state index in [2.05, 4.69) is 20.2 Å². The minimum absolute atomic E-state index is 0.0943. The van der Waals surface area contributed by atoms with Crippen LogP contribution in [0.4, 0.5) is 5.95 Å². The van der Waals surface area contributed by atoms with Gasteiger partial charge in [0.1, 0.15) is 0 Å². The van der Waals surface area contributed by atoms with E-state index < -0.39 is 0 Å². The lowest BCUT2D eigenvalue weighted by Gasteiger charge is -2.26. The monoisotopic (exact) mass is 376 g/mol. The zero-order valence-electron chi connectivity index (χ0n) is 15.1. The van der Waals surface area contributed by atoms with Gasteiger partial charge in [-0.15, -0.1) is 0 Å². The maximum atomic E-state index is 12.4. The van der Waals surface area contributed by atoms with E-state index in [-0.39, 0.29) is 5.56 Å². The molecule has 26 heavy (non-hydrogen) atoms. The largest absolute Gasteiger partial charge is 0.379 e. The fourth-order valence-corrected chi connectivity index (χ4v) is 3.17. The van der Waals surface area contributed by atoms with Crippen molar-refractivity contribution in [1.82, 2.24) is 14.9 Å². The molecular formula is C19H25ClN4O2. The number of aromatic amines is 1. The van der Waals surface area contributed by atoms with Gasteiger partial charge in [-0.3, -0.25) is 14.7 Å². The summed E-state index contributed by atoms with van der Waals surface area (Å²) in [6, 6.07) is 7.52. The molecule has 1 aromatic carbocycles. The van der Waals surface area contributed by atoms with Crippen LogP contribution in [-0.4, -0.2) is 54.3 Å². The topological polar surface area (TPSA) is 70.2 Å². The molecule has 0 radical (unpaired) electrons. The maximum Gasteiger partial charge on any atom is 0.256 e. The molecule has 0 saturated carbocycles. The molecule has 0 amide bonds. The van der Waals surface area contributed by atoms with Crippen LogP contribution in [0.3, 0.4) is 0 Å². The van der Waals surface area contributed by atoms with Crippen LogP contribution in [0, 0.1) is 6.92 Å². The summed E-state index contributed by atoms with van der Waals surface area (Å²) < 4.78 is 5.35. The number of H-pyrrole nitrogens is 1. The minimum Gasteiger partial charge on any atom is -0.379 e. The summed E-state index contributed by atoms with van der Waals surface area (Å²) in [4.78, 5) is 22.2. The highest BCUT2D eigenvalue weighted by molar-refractivity contribution is 6.30. The first-order valence-corrected chi connectivity index (χ1v) is 9.38. The molecule has 140 valence electrons. The average molecular weight is 377 g/mol. The Morgan fingerprint density at radius 1 is 1.27 bits per heavy atom. The Hall–Kier alpha value is -1.89. The minimum atomic E-state index is -0.0943. The summed E-state index contributed by atoms with van der Waals surface area (Å²) in [5, 5.41) is 3.91. The fraction of sp³-hybridized carbons (Fsp3) is 0.474. The third-order valence-electron chi connectivity index (χ3n) is 4.56. The molecule has 0 bridgehead atoms. The van der Waals surface area contributed by atoms with Gasteiger partial charge < -0.3 is 10.1 Å². The number of aryl methyl sites for hydroxylation is 1. The zero-order chi connectivity index (χ0) is 18.4. The molecule has 1 aliphatic rings. The molecule has 7 heteroatoms. The molecule has 2 N–H and O–H groups in total. The first-order valence-electron chi connectivity index (χ1n) is 9.00. The Morgan fingerprint density at radius 2 is 2.00 bits per heavy atom. The summed E-state index contributed by atoms with van der Waals surface area (Å²) in [6.07, 6.45) is 1.54. The van der Waals surface area contributed by atoms with Gasteiger partial charge >= 0.3 is 0 Å². The van der Waals surface area contributed by atoms with Gasteiger partial charge in [-0.1, -0.05) is 23.7 Å². The van der Waals surface area contributed by atoms with Gasteiger partial charge in [-0.25, -0.2) is 4.98 Å². The Kier molecular flexibility index (Phi) is 6.66. The fourth-order valence-electron chi connectivity index (χ4n) is 3.04. The van der Waals surface area contributed by atoms with Gasteiger partial charge in [0.25, 0.3) is 5.56 Å². The molecule has 1 saturated heterocycles. The second-order valence-electron chi connectivity index (χ2n) is 6.52. The van der Waals surface area contributed by atoms with E-state index >= 15 is 0 Å². The van der Waals surface area contributed by atoms with Crippen molar-refractivity contribution in [3.63, 3.8) is 0 Å². The van der Waals surface area contributed by atoms with Gasteiger partial charge in [0, 0.05) is 36.6 Å². The predicted octanol–water partition coefficient (Wildman–Crippen LogP) is 2.46. The average Bonchev–Trinajstić information content (AvgIpc) is 2.64. The van der Waals surface area contributed by atoms with Crippen LogP contribution in [0.15, 0.2) is 29.1 Å². The number of hydrogen-bond donors (Lipinski definition) is 2. The normalized spacial score (nSPS) is 15.2. The predicted molar refractivity (Wildman–Crippen MR) is 104 cm³/mol. The number of anilines is 1. The highest BCUT2D eigenvalue weighted by Crippen LogP contribution is 2.13. The molecule has 2 heterocycles. The van der Waals surface area contributed by atoms with Crippen molar-refractivity contribution < 1.29 is 4.74 Å². The molecule has 1 aromatic heterocycles. The molecule has 1 aliphatic heterocycles. The van der Waals surface area contributed by atoms with Crippen molar-refractivity contribution >= 4 is 17.5 Å². The van der Waals surface area contributed by atoms with Crippen molar-refractivity contribution in [2.75, 3.05) is 44.7 Å². The Morgan fingerprint density at radius 3 is 2.69 bits per heavy atom. The van der Waals surface area contributed by atoms with Gasteiger partial charge in [-0.05, 0) is 37.6 Å². The molecule has 1 fully saturated rings. The standard InChI is InChI=1S/C19H25ClN4O2/c1-14-17(13-15-3-5-16(20)6-4-15)18(25)23-19(22-14)21-7-2-8-24-9-11-26-12-10-24/h3-6H,2,7-13H2,1H3,(H2,21,22,23,25). The van der Waals surface area contributed by atoms with Crippen LogP contribution in [0.25, 0.3) is 0 Å². The van der Waals surface area contributed by atoms with Crippen LogP contribution in [0.5, 0.6) is 0 Å². The molecule has 0 unspecified atom stereocenters. The molecule has 2 aromatic rings. The van der Waals surface area contributed by atoms with E-state index in [9.17, 15) is 4.79 Å². The number of aromatic nitrogens is 2. The summed E-state index contributed by atoms with van der Waals surface area (Å²) >= 11 is 5.91. The lowest BCUT2D eigenvalue weighted by atomic mass is 10.1. The lowest BCUT2D eigenvalue weighted by molar-refractivity contribution is 0.0378. The number of rotatable bonds is 7. The summed E-state index contributed by atoms with van der Waals surface area (Å²) in [5.41, 5.74) is 2.38. The maximum absolute atomic E-state index is 12.4. The molecule has 0 spiro atoms. The Bertz CT molecular complexity index is 770. The number of halogens is 1. The molecule has 0 aliphatic carbocycles. The van der Waals surface area contributed by atoms with E-state index in [0.717, 1.165) is 57.1 Å². The molecular weight excluding hydrogens is 352 g/mol. The summed E-state index contributed by atoms with van der Waals surface area (Å²) in [6.45, 7) is 7.29. The van der Waals surface area contributed by atoms with Crippen molar-refractivity contribution in [2.45, 2.75) is 19.8 Å². The van der Waals surface area contributed by atoms with E-state index in [1.807, 2.05) is 31.2 Å². The third-order valence-corrected chi connectivity index (χ3v) is 4.82. The first-order chi connectivity index (χ1) is 12.6. The zero-order valence-corrected chi connectivity index (χ0v) is 15.8. The van der Waals surface area contributed by atoms with Crippen LogP contribution >= 0.6 is 11.6 Å². The van der Waals surface area contributed by atoms with Crippen LogP contribution in [-0.2, 0) is 11.2 Å². The van der Waals surface area contributed by atoms with Crippen molar-refractivity contribution in [3.05, 3.63) is 56.5 Å². The number of nitrogens with one attached hydrogen (secondary N) is 2. The summed E-state index contributed by atoms with van der Waals surface area (Å²) in [7, 11) is 0. The number of morpholine rings is 1. The van der Waals surface area contributed by atoms with Crippen LogP contribution < -0.4 is 10.9 Å². The Balaban J connectivity index is 1.54. The van der Waals surface area contributed by atoms with Crippen molar-refractivity contribution in [3.8, 4) is 0 Å². The SMILES string of the molecule is Cc1nc(NCCCN2CCOCC2)[nH]c(=O)c1Cc1ccc(Cl)cc1. The smallest absolute Gasteiger partial charge is 0.256 e. The highest BCUT2D eigenvalue weighted by Gasteiger charge is 2.11. The van der Waals surface area contributed by atoms with Gasteiger partial charge in [0.2, 0.25) is 5.95 Å². The second-order valence-corrected chi connectivity index (χ2v) is 6.95. The number of ether oxygens (including phenoxy) is 1.